The van der Waals surface area contributed by atoms with Crippen LogP contribution >= 0.6 is 11.6 Å². The molecule has 1 aliphatic rings. The Morgan fingerprint density at radius 2 is 1.25 bits per heavy atom. The Kier molecular flexibility index (Phi) is 7.43. The lowest BCUT2D eigenvalue weighted by molar-refractivity contribution is -0.238. The zero-order valence-electron chi connectivity index (χ0n) is 13.6. The number of halogens is 1. The first-order valence-corrected chi connectivity index (χ1v) is 7.50. The monoisotopic (exact) mass is 366 g/mol. The van der Waals surface area contributed by atoms with Crippen molar-refractivity contribution in [1.82, 2.24) is 0 Å². The molecule has 1 rings (SSSR count). The van der Waals surface area contributed by atoms with Crippen LogP contribution in [0, 0.1) is 0 Å². The SMILES string of the molecule is CC(=O)OC[C@@H]1O[C@@H](Cl)[C@@H](OC(C)=O)[C@H](OC(C)=O)[C@H]1OC(C)=O. The molecule has 0 radical (unpaired) electrons. The first-order chi connectivity index (χ1) is 11.1. The molecule has 0 amide bonds. The molecule has 0 aromatic heterocycles. The molecule has 1 fully saturated rings. The van der Waals surface area contributed by atoms with Crippen molar-refractivity contribution in [3.8, 4) is 0 Å². The molecule has 0 aromatic carbocycles. The number of rotatable bonds is 5. The lowest BCUT2D eigenvalue weighted by Crippen LogP contribution is -2.61. The number of carbonyl (C=O) groups excluding carboxylic acids is 4. The summed E-state index contributed by atoms with van der Waals surface area (Å²) < 4.78 is 25.6. The summed E-state index contributed by atoms with van der Waals surface area (Å²) in [5.41, 5.74) is -1.20. The molecule has 1 aliphatic heterocycles. The summed E-state index contributed by atoms with van der Waals surface area (Å²) in [4.78, 5) is 45.0. The van der Waals surface area contributed by atoms with E-state index in [1.54, 1.807) is 0 Å². The van der Waals surface area contributed by atoms with Gasteiger partial charge in [0, 0.05) is 27.7 Å². The lowest BCUT2D eigenvalue weighted by atomic mass is 9.99. The number of hydrogen-bond acceptors (Lipinski definition) is 9. The molecule has 0 bridgehead atoms. The van der Waals surface area contributed by atoms with E-state index in [1.807, 2.05) is 0 Å². The van der Waals surface area contributed by atoms with Gasteiger partial charge in [-0.25, -0.2) is 0 Å². The molecule has 0 N–H and O–H groups in total. The van der Waals surface area contributed by atoms with Crippen LogP contribution in [0.25, 0.3) is 0 Å². The van der Waals surface area contributed by atoms with Gasteiger partial charge < -0.3 is 23.7 Å². The molecule has 1 heterocycles. The topological polar surface area (TPSA) is 114 Å². The average Bonchev–Trinajstić information content (AvgIpc) is 2.42. The second-order valence-electron chi connectivity index (χ2n) is 5.05. The third kappa shape index (κ3) is 5.97. The maximum atomic E-state index is 11.4. The maximum Gasteiger partial charge on any atom is 0.303 e. The predicted molar refractivity (Wildman–Crippen MR) is 77.8 cm³/mol. The fourth-order valence-corrected chi connectivity index (χ4v) is 2.50. The zero-order valence-corrected chi connectivity index (χ0v) is 14.4. The average molecular weight is 367 g/mol. The van der Waals surface area contributed by atoms with E-state index in [4.69, 9.17) is 35.3 Å². The van der Waals surface area contributed by atoms with Crippen LogP contribution in [-0.2, 0) is 42.9 Å². The van der Waals surface area contributed by atoms with E-state index in [1.165, 1.54) is 6.92 Å². The molecule has 136 valence electrons. The highest BCUT2D eigenvalue weighted by atomic mass is 35.5. The molecule has 0 spiro atoms. The summed E-state index contributed by atoms with van der Waals surface area (Å²) in [6.07, 6.45) is -4.60. The summed E-state index contributed by atoms with van der Waals surface area (Å²) in [5, 5.41) is 0. The van der Waals surface area contributed by atoms with Crippen LogP contribution in [0.15, 0.2) is 0 Å². The molecule has 0 unspecified atom stereocenters. The van der Waals surface area contributed by atoms with Crippen LogP contribution < -0.4 is 0 Å². The van der Waals surface area contributed by atoms with Gasteiger partial charge in [0.1, 0.15) is 12.7 Å². The van der Waals surface area contributed by atoms with Gasteiger partial charge in [0.2, 0.25) is 0 Å². The van der Waals surface area contributed by atoms with Gasteiger partial charge in [-0.3, -0.25) is 19.2 Å². The predicted octanol–water partition coefficient (Wildman–Crippen LogP) is 0.308. The van der Waals surface area contributed by atoms with Crippen molar-refractivity contribution in [2.24, 2.45) is 0 Å². The van der Waals surface area contributed by atoms with Crippen LogP contribution in [0.4, 0.5) is 0 Å². The summed E-state index contributed by atoms with van der Waals surface area (Å²) in [6.45, 7) is 4.31. The Balaban J connectivity index is 3.11. The van der Waals surface area contributed by atoms with Gasteiger partial charge in [0.25, 0.3) is 0 Å². The Labute approximate surface area is 143 Å². The van der Waals surface area contributed by atoms with Crippen molar-refractivity contribution >= 4 is 35.5 Å². The van der Waals surface area contributed by atoms with E-state index in [0.29, 0.717) is 0 Å². The van der Waals surface area contributed by atoms with E-state index in [2.05, 4.69) is 0 Å². The highest BCUT2D eigenvalue weighted by molar-refractivity contribution is 6.20. The van der Waals surface area contributed by atoms with E-state index in [0.717, 1.165) is 20.8 Å². The Bertz CT molecular complexity index is 506. The van der Waals surface area contributed by atoms with Crippen LogP contribution in [0.1, 0.15) is 27.7 Å². The fraction of sp³-hybridized carbons (Fsp3) is 0.714. The highest BCUT2D eigenvalue weighted by Crippen LogP contribution is 2.30. The largest absolute Gasteiger partial charge is 0.463 e. The van der Waals surface area contributed by atoms with Crippen molar-refractivity contribution in [3.05, 3.63) is 0 Å². The number of carbonyl (C=O) groups is 4. The third-order valence-electron chi connectivity index (χ3n) is 2.93. The third-order valence-corrected chi connectivity index (χ3v) is 3.29. The first-order valence-electron chi connectivity index (χ1n) is 7.06. The molecular weight excluding hydrogens is 348 g/mol. The van der Waals surface area contributed by atoms with Gasteiger partial charge in [0.05, 0.1) is 0 Å². The van der Waals surface area contributed by atoms with E-state index in [9.17, 15) is 19.2 Å². The molecule has 0 saturated carbocycles. The second-order valence-corrected chi connectivity index (χ2v) is 5.48. The number of hydrogen-bond donors (Lipinski definition) is 0. The van der Waals surface area contributed by atoms with E-state index < -0.39 is 53.9 Å². The van der Waals surface area contributed by atoms with Crippen LogP contribution in [0.2, 0.25) is 0 Å². The second kappa shape index (κ2) is 8.84. The number of alkyl halides is 1. The Morgan fingerprint density at radius 3 is 1.71 bits per heavy atom. The molecule has 0 aromatic rings. The summed E-state index contributed by atoms with van der Waals surface area (Å²) >= 11 is 6.05. The van der Waals surface area contributed by atoms with Crippen molar-refractivity contribution < 1.29 is 42.9 Å². The zero-order chi connectivity index (χ0) is 18.4. The fourth-order valence-electron chi connectivity index (χ4n) is 2.18. The lowest BCUT2D eigenvalue weighted by Gasteiger charge is -2.42. The van der Waals surface area contributed by atoms with Crippen LogP contribution in [0.3, 0.4) is 0 Å². The maximum absolute atomic E-state index is 11.4. The summed E-state index contributed by atoms with van der Waals surface area (Å²) in [6, 6.07) is 0. The smallest absolute Gasteiger partial charge is 0.303 e. The summed E-state index contributed by atoms with van der Waals surface area (Å²) in [5.74, 6) is -2.67. The molecule has 9 nitrogen and oxygen atoms in total. The van der Waals surface area contributed by atoms with Gasteiger partial charge >= 0.3 is 23.9 Å². The molecule has 5 atom stereocenters. The summed E-state index contributed by atoms with van der Waals surface area (Å²) in [7, 11) is 0. The molecule has 1 saturated heterocycles. The van der Waals surface area contributed by atoms with Gasteiger partial charge in [-0.15, -0.1) is 0 Å². The minimum atomic E-state index is -1.22. The van der Waals surface area contributed by atoms with Crippen molar-refractivity contribution in [2.45, 2.75) is 57.7 Å². The Morgan fingerprint density at radius 1 is 0.792 bits per heavy atom. The first kappa shape index (κ1) is 20.2. The minimum absolute atomic E-state index is 0.291. The van der Waals surface area contributed by atoms with Gasteiger partial charge in [0.15, 0.2) is 23.9 Å². The Hall–Kier alpha value is -1.87. The quantitative estimate of drug-likeness (QED) is 0.385. The van der Waals surface area contributed by atoms with Crippen molar-refractivity contribution in [1.29, 1.82) is 0 Å². The van der Waals surface area contributed by atoms with Gasteiger partial charge in [-0.05, 0) is 0 Å². The number of ether oxygens (including phenoxy) is 5. The van der Waals surface area contributed by atoms with Crippen molar-refractivity contribution in [3.63, 3.8) is 0 Å². The number of esters is 4. The molecule has 10 heteroatoms. The van der Waals surface area contributed by atoms with Crippen LogP contribution in [0.5, 0.6) is 0 Å². The van der Waals surface area contributed by atoms with E-state index in [-0.39, 0.29) is 6.61 Å². The standard InChI is InChI=1S/C14H19ClO9/c1-6(16)20-5-10-11(21-7(2)17)12(22-8(3)18)13(14(15)24-10)23-9(4)19/h10-14H,5H2,1-4H3/t10-,11-,12+,13-,14+/m0/s1. The normalized spacial score (nSPS) is 29.3. The van der Waals surface area contributed by atoms with Gasteiger partial charge in [-0.1, -0.05) is 11.6 Å². The van der Waals surface area contributed by atoms with Crippen LogP contribution in [-0.4, -0.2) is 60.5 Å². The van der Waals surface area contributed by atoms with Gasteiger partial charge in [-0.2, -0.15) is 0 Å². The minimum Gasteiger partial charge on any atom is -0.463 e. The molecular formula is C14H19ClO9. The molecule has 24 heavy (non-hydrogen) atoms. The highest BCUT2D eigenvalue weighted by Gasteiger charge is 2.51. The van der Waals surface area contributed by atoms with Crippen molar-refractivity contribution in [2.75, 3.05) is 6.61 Å². The molecule has 0 aliphatic carbocycles. The van der Waals surface area contributed by atoms with E-state index >= 15 is 0 Å².